The van der Waals surface area contributed by atoms with E-state index < -0.39 is 0 Å². The molecule has 2 aromatic rings. The smallest absolute Gasteiger partial charge is 0.251 e. The predicted octanol–water partition coefficient (Wildman–Crippen LogP) is 2.42. The van der Waals surface area contributed by atoms with Gasteiger partial charge in [0.05, 0.1) is 0 Å². The molecule has 0 saturated carbocycles. The van der Waals surface area contributed by atoms with Crippen molar-refractivity contribution >= 4 is 21.8 Å². The van der Waals surface area contributed by atoms with Crippen LogP contribution in [0.5, 0.6) is 0 Å². The van der Waals surface area contributed by atoms with Crippen LogP contribution in [0, 0.1) is 13.8 Å². The van der Waals surface area contributed by atoms with Gasteiger partial charge in [-0.25, -0.2) is 0 Å². The van der Waals surface area contributed by atoms with Crippen LogP contribution in [0.1, 0.15) is 27.6 Å². The Labute approximate surface area is 119 Å². The number of carbonyl (C=O) groups is 1. The van der Waals surface area contributed by atoms with Crippen LogP contribution in [0.25, 0.3) is 0 Å². The topological polar surface area (TPSA) is 68.0 Å². The largest absolute Gasteiger partial charge is 0.352 e. The van der Waals surface area contributed by atoms with E-state index in [1.54, 1.807) is 13.0 Å². The molecule has 0 unspecified atom stereocenters. The van der Waals surface area contributed by atoms with E-state index in [0.29, 0.717) is 30.2 Å². The number of hydrogen-bond acceptors (Lipinski definition) is 4. The third-order valence-electron chi connectivity index (χ3n) is 2.72. The van der Waals surface area contributed by atoms with E-state index in [4.69, 9.17) is 4.52 Å². The number of nitrogens with one attached hydrogen (secondary N) is 1. The lowest BCUT2D eigenvalue weighted by molar-refractivity contribution is 0.0953. The molecular formula is C13H14BrN3O2. The fourth-order valence-corrected chi connectivity index (χ4v) is 2.05. The van der Waals surface area contributed by atoms with Gasteiger partial charge < -0.3 is 9.84 Å². The Kier molecular flexibility index (Phi) is 4.31. The van der Waals surface area contributed by atoms with E-state index in [9.17, 15) is 4.79 Å². The summed E-state index contributed by atoms with van der Waals surface area (Å²) in [5, 5.41) is 6.62. The Hall–Kier alpha value is -1.69. The van der Waals surface area contributed by atoms with Crippen LogP contribution in [0.3, 0.4) is 0 Å². The van der Waals surface area contributed by atoms with Crippen LogP contribution < -0.4 is 5.32 Å². The molecule has 0 bridgehead atoms. The lowest BCUT2D eigenvalue weighted by atomic mass is 10.1. The van der Waals surface area contributed by atoms with Crippen LogP contribution in [-0.2, 0) is 6.42 Å². The summed E-state index contributed by atoms with van der Waals surface area (Å²) >= 11 is 3.41. The van der Waals surface area contributed by atoms with Crippen LogP contribution in [0.2, 0.25) is 0 Å². The van der Waals surface area contributed by atoms with Crippen molar-refractivity contribution in [3.8, 4) is 0 Å². The van der Waals surface area contributed by atoms with Gasteiger partial charge in [0.1, 0.15) is 0 Å². The number of benzene rings is 1. The molecule has 0 aliphatic heterocycles. The maximum Gasteiger partial charge on any atom is 0.251 e. The van der Waals surface area contributed by atoms with Gasteiger partial charge in [0, 0.05) is 29.9 Å². The van der Waals surface area contributed by atoms with E-state index in [-0.39, 0.29) is 5.91 Å². The Balaban J connectivity index is 1.93. The Morgan fingerprint density at radius 2 is 2.21 bits per heavy atom. The third kappa shape index (κ3) is 3.41. The number of halogens is 1. The van der Waals surface area contributed by atoms with Gasteiger partial charge in [0.25, 0.3) is 5.91 Å². The minimum absolute atomic E-state index is 0.0981. The van der Waals surface area contributed by atoms with E-state index in [1.807, 2.05) is 19.1 Å². The number of rotatable bonds is 4. The second-order valence-electron chi connectivity index (χ2n) is 4.15. The normalized spacial score (nSPS) is 10.5. The van der Waals surface area contributed by atoms with Crippen molar-refractivity contribution in [2.75, 3.05) is 6.54 Å². The molecule has 5 nitrogen and oxygen atoms in total. The fourth-order valence-electron chi connectivity index (χ4n) is 1.68. The summed E-state index contributed by atoms with van der Waals surface area (Å²) in [6.07, 6.45) is 0.552. The number of aromatic nitrogens is 2. The van der Waals surface area contributed by atoms with Gasteiger partial charge in [-0.2, -0.15) is 4.98 Å². The van der Waals surface area contributed by atoms with E-state index in [0.717, 1.165) is 10.0 Å². The first-order chi connectivity index (χ1) is 9.08. The highest BCUT2D eigenvalue weighted by Crippen LogP contribution is 2.19. The minimum atomic E-state index is -0.0981. The molecule has 19 heavy (non-hydrogen) atoms. The summed E-state index contributed by atoms with van der Waals surface area (Å²) in [7, 11) is 0. The van der Waals surface area contributed by atoms with E-state index in [2.05, 4.69) is 31.4 Å². The maximum atomic E-state index is 12.0. The molecular weight excluding hydrogens is 310 g/mol. The monoisotopic (exact) mass is 323 g/mol. The summed E-state index contributed by atoms with van der Waals surface area (Å²) in [5.74, 6) is 1.03. The lowest BCUT2D eigenvalue weighted by Gasteiger charge is -2.07. The Morgan fingerprint density at radius 3 is 2.89 bits per heavy atom. The molecule has 1 heterocycles. The lowest BCUT2D eigenvalue weighted by Crippen LogP contribution is -2.26. The molecule has 1 aromatic heterocycles. The molecule has 1 amide bonds. The zero-order valence-electron chi connectivity index (χ0n) is 10.7. The summed E-state index contributed by atoms with van der Waals surface area (Å²) in [6.45, 7) is 4.12. The third-order valence-corrected chi connectivity index (χ3v) is 3.58. The van der Waals surface area contributed by atoms with Crippen molar-refractivity contribution in [2.45, 2.75) is 20.3 Å². The molecule has 0 spiro atoms. The van der Waals surface area contributed by atoms with Crippen molar-refractivity contribution in [1.29, 1.82) is 0 Å². The van der Waals surface area contributed by atoms with Gasteiger partial charge in [-0.3, -0.25) is 4.79 Å². The first-order valence-corrected chi connectivity index (χ1v) is 6.69. The quantitative estimate of drug-likeness (QED) is 0.938. The van der Waals surface area contributed by atoms with Gasteiger partial charge in [-0.1, -0.05) is 27.2 Å². The molecule has 6 heteroatoms. The molecule has 100 valence electrons. The molecule has 1 aromatic carbocycles. The van der Waals surface area contributed by atoms with Gasteiger partial charge in [0.15, 0.2) is 5.82 Å². The van der Waals surface area contributed by atoms with Crippen molar-refractivity contribution in [2.24, 2.45) is 0 Å². The van der Waals surface area contributed by atoms with Crippen LogP contribution in [0.15, 0.2) is 27.2 Å². The molecule has 0 fully saturated rings. The molecule has 0 aliphatic rings. The van der Waals surface area contributed by atoms with Gasteiger partial charge in [0.2, 0.25) is 5.89 Å². The first kappa shape index (κ1) is 13.7. The standard InChI is InChI=1S/C13H14BrN3O2/c1-8-10(4-3-5-11(8)14)13(18)15-7-6-12-16-9(2)19-17-12/h3-5H,6-7H2,1-2H3,(H,15,18). The minimum Gasteiger partial charge on any atom is -0.352 e. The molecule has 0 saturated heterocycles. The van der Waals surface area contributed by atoms with Crippen LogP contribution in [0.4, 0.5) is 0 Å². The maximum absolute atomic E-state index is 12.0. The SMILES string of the molecule is Cc1nc(CCNC(=O)c2cccc(Br)c2C)no1. The average Bonchev–Trinajstić information content (AvgIpc) is 2.78. The zero-order chi connectivity index (χ0) is 13.8. The van der Waals surface area contributed by atoms with Crippen molar-refractivity contribution in [3.05, 3.63) is 45.5 Å². The second kappa shape index (κ2) is 5.97. The van der Waals surface area contributed by atoms with E-state index in [1.165, 1.54) is 0 Å². The fraction of sp³-hybridized carbons (Fsp3) is 0.308. The Bertz CT molecular complexity index is 595. The summed E-state index contributed by atoms with van der Waals surface area (Å²) in [4.78, 5) is 16.1. The number of amides is 1. The summed E-state index contributed by atoms with van der Waals surface area (Å²) < 4.78 is 5.79. The molecule has 1 N–H and O–H groups in total. The van der Waals surface area contributed by atoms with Crippen molar-refractivity contribution < 1.29 is 9.32 Å². The summed E-state index contributed by atoms with van der Waals surface area (Å²) in [6, 6.07) is 5.55. The number of nitrogens with zero attached hydrogens (tertiary/aromatic N) is 2. The molecule has 2 rings (SSSR count). The zero-order valence-corrected chi connectivity index (χ0v) is 12.3. The number of aryl methyl sites for hydroxylation is 1. The van der Waals surface area contributed by atoms with Crippen LogP contribution in [-0.4, -0.2) is 22.6 Å². The highest BCUT2D eigenvalue weighted by atomic mass is 79.9. The number of hydrogen-bond donors (Lipinski definition) is 1. The highest BCUT2D eigenvalue weighted by Gasteiger charge is 2.10. The number of carbonyl (C=O) groups excluding carboxylic acids is 1. The van der Waals surface area contributed by atoms with Gasteiger partial charge in [-0.15, -0.1) is 0 Å². The Morgan fingerprint density at radius 1 is 1.42 bits per heavy atom. The van der Waals surface area contributed by atoms with Crippen LogP contribution >= 0.6 is 15.9 Å². The van der Waals surface area contributed by atoms with Gasteiger partial charge in [-0.05, 0) is 24.6 Å². The van der Waals surface area contributed by atoms with Gasteiger partial charge >= 0.3 is 0 Å². The molecule has 0 radical (unpaired) electrons. The first-order valence-electron chi connectivity index (χ1n) is 5.90. The molecule has 0 aliphatic carbocycles. The summed E-state index contributed by atoms with van der Waals surface area (Å²) in [5.41, 5.74) is 1.59. The average molecular weight is 324 g/mol. The van der Waals surface area contributed by atoms with Crippen molar-refractivity contribution in [3.63, 3.8) is 0 Å². The molecule has 0 atom stereocenters. The van der Waals surface area contributed by atoms with Crippen molar-refractivity contribution in [1.82, 2.24) is 15.5 Å². The highest BCUT2D eigenvalue weighted by molar-refractivity contribution is 9.10. The predicted molar refractivity (Wildman–Crippen MR) is 74.0 cm³/mol. The second-order valence-corrected chi connectivity index (χ2v) is 5.00. The van der Waals surface area contributed by atoms with E-state index >= 15 is 0 Å².